The third-order valence-electron chi connectivity index (χ3n) is 4.53. The van der Waals surface area contributed by atoms with Crippen molar-refractivity contribution >= 4 is 0 Å². The molecule has 0 saturated carbocycles. The highest BCUT2D eigenvalue weighted by atomic mass is 16.3. The molecule has 0 spiro atoms. The van der Waals surface area contributed by atoms with E-state index in [1.54, 1.807) is 0 Å². The maximum Gasteiger partial charge on any atom is 0.0698 e. The van der Waals surface area contributed by atoms with Crippen molar-refractivity contribution in [1.29, 1.82) is 0 Å². The Bertz CT molecular complexity index is 657. The summed E-state index contributed by atoms with van der Waals surface area (Å²) in [7, 11) is 0. The van der Waals surface area contributed by atoms with Gasteiger partial charge in [0.05, 0.1) is 18.7 Å². The van der Waals surface area contributed by atoms with Crippen molar-refractivity contribution in [2.45, 2.75) is 57.5 Å². The number of aryl methyl sites for hydroxylation is 1. The number of hydrogen-bond acceptors (Lipinski definition) is 2. The first kappa shape index (κ1) is 20.2. The van der Waals surface area contributed by atoms with Crippen molar-refractivity contribution < 1.29 is 5.11 Å². The molecule has 2 nitrogen and oxygen atoms in total. The number of rotatable bonds is 10. The summed E-state index contributed by atoms with van der Waals surface area (Å²) in [6, 6.07) is 20.6. The van der Waals surface area contributed by atoms with Gasteiger partial charge in [0.2, 0.25) is 0 Å². The van der Waals surface area contributed by atoms with Crippen LogP contribution in [-0.4, -0.2) is 17.8 Å². The van der Waals surface area contributed by atoms with Gasteiger partial charge in [-0.1, -0.05) is 86.3 Å². The van der Waals surface area contributed by atoms with Crippen LogP contribution in [-0.2, 0) is 6.42 Å². The maximum absolute atomic E-state index is 9.84. The number of benzene rings is 2. The van der Waals surface area contributed by atoms with Crippen LogP contribution in [0.15, 0.2) is 60.7 Å². The molecule has 138 valence electrons. The van der Waals surface area contributed by atoms with Gasteiger partial charge >= 0.3 is 0 Å². The van der Waals surface area contributed by atoms with Crippen molar-refractivity contribution in [3.05, 3.63) is 71.8 Å². The van der Waals surface area contributed by atoms with E-state index >= 15 is 0 Å². The predicted molar refractivity (Wildman–Crippen MR) is 110 cm³/mol. The summed E-state index contributed by atoms with van der Waals surface area (Å²) >= 11 is 0. The summed E-state index contributed by atoms with van der Waals surface area (Å²) in [4.78, 5) is 0. The van der Waals surface area contributed by atoms with E-state index in [2.05, 4.69) is 60.5 Å². The Morgan fingerprint density at radius 3 is 2.31 bits per heavy atom. The molecule has 2 heteroatoms. The van der Waals surface area contributed by atoms with Crippen LogP contribution < -0.4 is 5.32 Å². The molecule has 0 radical (unpaired) electrons. The summed E-state index contributed by atoms with van der Waals surface area (Å²) in [5.41, 5.74) is 2.43. The van der Waals surface area contributed by atoms with Crippen molar-refractivity contribution in [2.24, 2.45) is 0 Å². The number of hydrogen-bond donors (Lipinski definition) is 2. The number of aliphatic hydroxyl groups is 1. The average Bonchev–Trinajstić information content (AvgIpc) is 2.70. The van der Waals surface area contributed by atoms with E-state index in [4.69, 9.17) is 0 Å². The van der Waals surface area contributed by atoms with Crippen molar-refractivity contribution in [3.8, 4) is 11.8 Å². The van der Waals surface area contributed by atoms with Crippen LogP contribution in [0, 0.1) is 11.8 Å². The normalized spacial score (nSPS) is 12.8. The highest BCUT2D eigenvalue weighted by molar-refractivity contribution is 5.21. The Labute approximate surface area is 158 Å². The van der Waals surface area contributed by atoms with Gasteiger partial charge in [-0.2, -0.15) is 0 Å². The van der Waals surface area contributed by atoms with E-state index in [1.807, 2.05) is 24.3 Å². The molecule has 0 saturated heterocycles. The molecule has 0 aromatic heterocycles. The third-order valence-corrected chi connectivity index (χ3v) is 4.53. The molecular weight excluding hydrogens is 318 g/mol. The van der Waals surface area contributed by atoms with Gasteiger partial charge in [-0.15, -0.1) is 5.92 Å². The molecular formula is C24H31NO. The highest BCUT2D eigenvalue weighted by Crippen LogP contribution is 2.14. The molecule has 0 aliphatic heterocycles. The number of nitrogens with one attached hydrogen (secondary N) is 1. The maximum atomic E-state index is 9.84. The van der Waals surface area contributed by atoms with Crippen LogP contribution in [0.25, 0.3) is 0 Å². The molecule has 0 amide bonds. The van der Waals surface area contributed by atoms with Gasteiger partial charge in [0.1, 0.15) is 0 Å². The van der Waals surface area contributed by atoms with E-state index in [1.165, 1.54) is 18.4 Å². The Hall–Kier alpha value is -2.08. The zero-order valence-electron chi connectivity index (χ0n) is 15.8. The Balaban J connectivity index is 2.00. The van der Waals surface area contributed by atoms with Gasteiger partial charge in [0.15, 0.2) is 0 Å². The van der Waals surface area contributed by atoms with E-state index < -0.39 is 0 Å². The molecule has 0 aliphatic rings. The number of unbranched alkanes of at least 4 members (excludes halogenated alkanes) is 3. The van der Waals surface area contributed by atoms with Gasteiger partial charge in [-0.05, 0) is 30.4 Å². The SMILES string of the molecule is CCCCCC#C[C@@H](CCc1ccccc1)N[C@@H](CO)c1ccccc1. The second-order valence-electron chi connectivity index (χ2n) is 6.67. The van der Waals surface area contributed by atoms with Crippen LogP contribution in [0.2, 0.25) is 0 Å². The van der Waals surface area contributed by atoms with Gasteiger partial charge in [0.25, 0.3) is 0 Å². The predicted octanol–water partition coefficient (Wildman–Crippen LogP) is 4.89. The molecule has 0 unspecified atom stereocenters. The minimum atomic E-state index is -0.0816. The Morgan fingerprint density at radius 2 is 1.65 bits per heavy atom. The molecule has 2 aromatic carbocycles. The second-order valence-corrected chi connectivity index (χ2v) is 6.67. The summed E-state index contributed by atoms with van der Waals surface area (Å²) < 4.78 is 0. The van der Waals surface area contributed by atoms with Crippen molar-refractivity contribution in [3.63, 3.8) is 0 Å². The molecule has 2 atom stereocenters. The van der Waals surface area contributed by atoms with E-state index in [0.717, 1.165) is 31.2 Å². The van der Waals surface area contributed by atoms with Gasteiger partial charge < -0.3 is 5.11 Å². The molecule has 26 heavy (non-hydrogen) atoms. The summed E-state index contributed by atoms with van der Waals surface area (Å²) in [5.74, 6) is 6.75. The fourth-order valence-electron chi connectivity index (χ4n) is 2.99. The van der Waals surface area contributed by atoms with E-state index in [9.17, 15) is 5.11 Å². The minimum absolute atomic E-state index is 0.0728. The van der Waals surface area contributed by atoms with Gasteiger partial charge in [-0.25, -0.2) is 0 Å². The van der Waals surface area contributed by atoms with Crippen LogP contribution >= 0.6 is 0 Å². The summed E-state index contributed by atoms with van der Waals surface area (Å²) in [6.07, 6.45) is 6.49. The van der Waals surface area contributed by atoms with Crippen molar-refractivity contribution in [1.82, 2.24) is 5.32 Å². The fraction of sp³-hybridized carbons (Fsp3) is 0.417. The molecule has 2 aromatic rings. The fourth-order valence-corrected chi connectivity index (χ4v) is 2.99. The van der Waals surface area contributed by atoms with Crippen LogP contribution in [0.1, 0.15) is 56.2 Å². The van der Waals surface area contributed by atoms with Crippen LogP contribution in [0.5, 0.6) is 0 Å². The minimum Gasteiger partial charge on any atom is -0.394 e. The standard InChI is InChI=1S/C24H31NO/c1-2-3-4-5-12-17-23(19-18-21-13-8-6-9-14-21)25-24(20-26)22-15-10-7-11-16-22/h6-11,13-16,23-26H,2-5,18-20H2,1H3/t23-,24-/m0/s1. The summed E-state index contributed by atoms with van der Waals surface area (Å²) in [6.45, 7) is 2.28. The zero-order valence-corrected chi connectivity index (χ0v) is 15.8. The quantitative estimate of drug-likeness (QED) is 0.472. The molecule has 0 bridgehead atoms. The topological polar surface area (TPSA) is 32.3 Å². The largest absolute Gasteiger partial charge is 0.394 e. The lowest BCUT2D eigenvalue weighted by Crippen LogP contribution is -2.34. The first-order chi connectivity index (χ1) is 12.8. The van der Waals surface area contributed by atoms with Crippen LogP contribution in [0.3, 0.4) is 0 Å². The monoisotopic (exact) mass is 349 g/mol. The van der Waals surface area contributed by atoms with E-state index in [-0.39, 0.29) is 18.7 Å². The molecule has 2 N–H and O–H groups in total. The Morgan fingerprint density at radius 1 is 0.962 bits per heavy atom. The molecule has 0 aliphatic carbocycles. The number of aliphatic hydroxyl groups excluding tert-OH is 1. The highest BCUT2D eigenvalue weighted by Gasteiger charge is 2.14. The first-order valence-corrected chi connectivity index (χ1v) is 9.77. The second kappa shape index (κ2) is 12.3. The average molecular weight is 350 g/mol. The van der Waals surface area contributed by atoms with Gasteiger partial charge in [0, 0.05) is 6.42 Å². The van der Waals surface area contributed by atoms with Crippen molar-refractivity contribution in [2.75, 3.05) is 6.61 Å². The third kappa shape index (κ3) is 7.44. The molecule has 0 heterocycles. The Kier molecular flexibility index (Phi) is 9.57. The lowest BCUT2D eigenvalue weighted by atomic mass is 10.0. The zero-order chi connectivity index (χ0) is 18.5. The van der Waals surface area contributed by atoms with E-state index in [0.29, 0.717) is 0 Å². The van der Waals surface area contributed by atoms with Crippen LogP contribution in [0.4, 0.5) is 0 Å². The lowest BCUT2D eigenvalue weighted by molar-refractivity contribution is 0.238. The smallest absolute Gasteiger partial charge is 0.0698 e. The molecule has 0 fully saturated rings. The summed E-state index contributed by atoms with van der Waals surface area (Å²) in [5, 5.41) is 13.4. The molecule has 2 rings (SSSR count). The first-order valence-electron chi connectivity index (χ1n) is 9.77. The van der Waals surface area contributed by atoms with Gasteiger partial charge in [-0.3, -0.25) is 5.32 Å². The lowest BCUT2D eigenvalue weighted by Gasteiger charge is -2.21.